The van der Waals surface area contributed by atoms with Crippen LogP contribution in [0.2, 0.25) is 0 Å². The molecule has 1 aliphatic heterocycles. The molecule has 0 aromatic carbocycles. The second-order valence-electron chi connectivity index (χ2n) is 4.98. The third kappa shape index (κ3) is 2.41. The predicted molar refractivity (Wildman–Crippen MR) is 68.2 cm³/mol. The molecule has 0 spiro atoms. The molecule has 2 heterocycles. The second kappa shape index (κ2) is 5.00. The quantitative estimate of drug-likeness (QED) is 0.853. The van der Waals surface area contributed by atoms with Crippen LogP contribution in [0.1, 0.15) is 30.5 Å². The van der Waals surface area contributed by atoms with E-state index in [9.17, 15) is 0 Å². The lowest BCUT2D eigenvalue weighted by Crippen LogP contribution is -2.26. The van der Waals surface area contributed by atoms with E-state index in [1.807, 2.05) is 0 Å². The zero-order valence-corrected chi connectivity index (χ0v) is 10.3. The van der Waals surface area contributed by atoms with Crippen molar-refractivity contribution >= 4 is 5.82 Å². The van der Waals surface area contributed by atoms with Crippen molar-refractivity contribution in [2.45, 2.75) is 32.1 Å². The van der Waals surface area contributed by atoms with Crippen LogP contribution in [0.3, 0.4) is 0 Å². The highest BCUT2D eigenvalue weighted by atomic mass is 15.2. The molecule has 2 aliphatic rings. The van der Waals surface area contributed by atoms with Crippen LogP contribution in [0, 0.1) is 0 Å². The molecule has 0 amide bonds. The van der Waals surface area contributed by atoms with Crippen LogP contribution < -0.4 is 5.32 Å². The first kappa shape index (κ1) is 11.0. The molecule has 4 heteroatoms. The van der Waals surface area contributed by atoms with Gasteiger partial charge in [0.2, 0.25) is 0 Å². The zero-order chi connectivity index (χ0) is 11.5. The van der Waals surface area contributed by atoms with Crippen LogP contribution >= 0.6 is 0 Å². The molecule has 4 nitrogen and oxygen atoms in total. The van der Waals surface area contributed by atoms with Gasteiger partial charge in [-0.2, -0.15) is 0 Å². The number of rotatable bonds is 4. The van der Waals surface area contributed by atoms with Crippen LogP contribution in [0.5, 0.6) is 0 Å². The van der Waals surface area contributed by atoms with Crippen molar-refractivity contribution < 1.29 is 0 Å². The van der Waals surface area contributed by atoms with Crippen molar-refractivity contribution in [2.75, 3.05) is 31.5 Å². The molecule has 1 aromatic rings. The van der Waals surface area contributed by atoms with E-state index in [1.54, 1.807) is 6.33 Å². The van der Waals surface area contributed by atoms with Gasteiger partial charge in [-0.15, -0.1) is 0 Å². The topological polar surface area (TPSA) is 41.1 Å². The van der Waals surface area contributed by atoms with E-state index in [1.165, 1.54) is 43.6 Å². The Morgan fingerprint density at radius 2 is 2.00 bits per heavy atom. The van der Waals surface area contributed by atoms with Crippen molar-refractivity contribution in [1.82, 2.24) is 14.9 Å². The number of likely N-dealkylation sites (tertiary alicyclic amines) is 1. The van der Waals surface area contributed by atoms with Gasteiger partial charge in [-0.1, -0.05) is 0 Å². The summed E-state index contributed by atoms with van der Waals surface area (Å²) >= 11 is 0. The fraction of sp³-hybridized carbons (Fsp3) is 0.692. The lowest BCUT2D eigenvalue weighted by Gasteiger charge is -2.15. The van der Waals surface area contributed by atoms with Gasteiger partial charge in [-0.25, -0.2) is 9.97 Å². The molecule has 0 unspecified atom stereocenters. The third-order valence-corrected chi connectivity index (χ3v) is 3.79. The van der Waals surface area contributed by atoms with E-state index < -0.39 is 0 Å². The van der Waals surface area contributed by atoms with Gasteiger partial charge in [-0.05, 0) is 45.2 Å². The Morgan fingerprint density at radius 1 is 1.12 bits per heavy atom. The molecule has 0 atom stereocenters. The summed E-state index contributed by atoms with van der Waals surface area (Å²) in [6.45, 7) is 4.68. The lowest BCUT2D eigenvalue weighted by atomic mass is 10.2. The van der Waals surface area contributed by atoms with Gasteiger partial charge in [0, 0.05) is 24.3 Å². The van der Waals surface area contributed by atoms with Crippen molar-refractivity contribution in [3.8, 4) is 0 Å². The molecular formula is C13H20N4. The number of hydrogen-bond acceptors (Lipinski definition) is 4. The second-order valence-corrected chi connectivity index (χ2v) is 4.98. The minimum atomic E-state index is 1.00. The van der Waals surface area contributed by atoms with Crippen molar-refractivity contribution in [1.29, 1.82) is 0 Å². The number of nitrogens with one attached hydrogen (secondary N) is 1. The number of aromatic nitrogens is 2. The lowest BCUT2D eigenvalue weighted by molar-refractivity contribution is 0.352. The maximum atomic E-state index is 4.37. The highest BCUT2D eigenvalue weighted by Crippen LogP contribution is 2.24. The van der Waals surface area contributed by atoms with Crippen molar-refractivity contribution in [2.24, 2.45) is 0 Å². The minimum absolute atomic E-state index is 1.00. The average molecular weight is 232 g/mol. The summed E-state index contributed by atoms with van der Waals surface area (Å²) in [7, 11) is 0. The molecule has 1 N–H and O–H groups in total. The fourth-order valence-electron chi connectivity index (χ4n) is 2.85. The van der Waals surface area contributed by atoms with Gasteiger partial charge >= 0.3 is 0 Å². The fourth-order valence-corrected chi connectivity index (χ4v) is 2.85. The van der Waals surface area contributed by atoms with Gasteiger partial charge < -0.3 is 10.2 Å². The third-order valence-electron chi connectivity index (χ3n) is 3.79. The molecule has 1 fully saturated rings. The van der Waals surface area contributed by atoms with E-state index >= 15 is 0 Å². The molecule has 3 rings (SSSR count). The Morgan fingerprint density at radius 3 is 2.88 bits per heavy atom. The maximum Gasteiger partial charge on any atom is 0.132 e. The Labute approximate surface area is 102 Å². The van der Waals surface area contributed by atoms with Gasteiger partial charge in [0.05, 0.1) is 0 Å². The first-order valence-corrected chi connectivity index (χ1v) is 6.72. The summed E-state index contributed by atoms with van der Waals surface area (Å²) in [5, 5.41) is 3.48. The SMILES string of the molecule is c1nc2c(c(NCCN3CCCC3)n1)CCC2. The summed E-state index contributed by atoms with van der Waals surface area (Å²) in [6.07, 6.45) is 7.92. The van der Waals surface area contributed by atoms with E-state index in [4.69, 9.17) is 0 Å². The van der Waals surface area contributed by atoms with Crippen molar-refractivity contribution in [3.05, 3.63) is 17.6 Å². The van der Waals surface area contributed by atoms with Crippen LogP contribution in [0.4, 0.5) is 5.82 Å². The molecule has 1 aliphatic carbocycles. The Bertz CT molecular complexity index is 385. The Hall–Kier alpha value is -1.16. The van der Waals surface area contributed by atoms with E-state index in [2.05, 4.69) is 20.2 Å². The summed E-state index contributed by atoms with van der Waals surface area (Å²) in [5.41, 5.74) is 2.61. The summed E-state index contributed by atoms with van der Waals surface area (Å²) in [4.78, 5) is 11.2. The highest BCUT2D eigenvalue weighted by molar-refractivity contribution is 5.47. The van der Waals surface area contributed by atoms with Crippen LogP contribution in [-0.4, -0.2) is 41.0 Å². The number of hydrogen-bond donors (Lipinski definition) is 1. The molecule has 92 valence electrons. The monoisotopic (exact) mass is 232 g/mol. The van der Waals surface area contributed by atoms with E-state index in [-0.39, 0.29) is 0 Å². The van der Waals surface area contributed by atoms with Crippen LogP contribution in [0.25, 0.3) is 0 Å². The van der Waals surface area contributed by atoms with E-state index in [0.29, 0.717) is 0 Å². The first-order valence-electron chi connectivity index (χ1n) is 6.72. The van der Waals surface area contributed by atoms with Gasteiger partial charge in [0.1, 0.15) is 12.1 Å². The van der Waals surface area contributed by atoms with Crippen LogP contribution in [-0.2, 0) is 12.8 Å². The number of nitrogens with zero attached hydrogens (tertiary/aromatic N) is 3. The smallest absolute Gasteiger partial charge is 0.132 e. The van der Waals surface area contributed by atoms with Crippen molar-refractivity contribution in [3.63, 3.8) is 0 Å². The van der Waals surface area contributed by atoms with Gasteiger partial charge in [-0.3, -0.25) is 0 Å². The molecule has 1 aromatic heterocycles. The normalized spacial score (nSPS) is 19.5. The highest BCUT2D eigenvalue weighted by Gasteiger charge is 2.17. The minimum Gasteiger partial charge on any atom is -0.368 e. The van der Waals surface area contributed by atoms with Crippen LogP contribution in [0.15, 0.2) is 6.33 Å². The molecule has 0 radical (unpaired) electrons. The molecular weight excluding hydrogens is 212 g/mol. The zero-order valence-electron chi connectivity index (χ0n) is 10.3. The summed E-state index contributed by atoms with van der Waals surface area (Å²) in [6, 6.07) is 0. The predicted octanol–water partition coefficient (Wildman–Crippen LogP) is 1.47. The molecule has 0 bridgehead atoms. The van der Waals surface area contributed by atoms with E-state index in [0.717, 1.165) is 31.7 Å². The summed E-state index contributed by atoms with van der Waals surface area (Å²) in [5.74, 6) is 1.08. The Kier molecular flexibility index (Phi) is 3.22. The molecule has 0 saturated carbocycles. The molecule has 17 heavy (non-hydrogen) atoms. The van der Waals surface area contributed by atoms with Gasteiger partial charge in [0.25, 0.3) is 0 Å². The summed E-state index contributed by atoms with van der Waals surface area (Å²) < 4.78 is 0. The standard InChI is InChI=1S/C13H20N4/c1-2-8-17(7-1)9-6-14-13-11-4-3-5-12(11)15-10-16-13/h10H,1-9H2,(H,14,15,16). The van der Waals surface area contributed by atoms with Gasteiger partial charge in [0.15, 0.2) is 0 Å². The number of aryl methyl sites for hydroxylation is 1. The Balaban J connectivity index is 1.56. The number of fused-ring (bicyclic) bond motifs is 1. The number of anilines is 1. The maximum absolute atomic E-state index is 4.37. The average Bonchev–Trinajstić information content (AvgIpc) is 2.99. The largest absolute Gasteiger partial charge is 0.368 e. The first-order chi connectivity index (χ1) is 8.43. The molecule has 1 saturated heterocycles.